The maximum Gasteiger partial charge on any atom is 0.239 e. The average molecular weight is 314 g/mol. The Morgan fingerprint density at radius 1 is 1.24 bits per heavy atom. The molecule has 4 N–H and O–H groups in total. The van der Waals surface area contributed by atoms with Crippen molar-refractivity contribution in [2.75, 3.05) is 25.0 Å². The highest BCUT2D eigenvalue weighted by Gasteiger charge is 2.13. The SMILES string of the molecule is COc1cc(Nc2nc(NN)ncc2F)c(OC)cc1Cl. The number of rotatable bonds is 5. The second kappa shape index (κ2) is 6.42. The molecule has 2 aromatic rings. The van der Waals surface area contributed by atoms with Crippen LogP contribution in [0.1, 0.15) is 0 Å². The van der Waals surface area contributed by atoms with Gasteiger partial charge in [-0.25, -0.2) is 15.2 Å². The molecule has 0 radical (unpaired) electrons. The van der Waals surface area contributed by atoms with Gasteiger partial charge in [0.2, 0.25) is 5.95 Å². The molecule has 0 spiro atoms. The van der Waals surface area contributed by atoms with Crippen molar-refractivity contribution in [1.82, 2.24) is 9.97 Å². The highest BCUT2D eigenvalue weighted by molar-refractivity contribution is 6.32. The number of methoxy groups -OCH3 is 2. The van der Waals surface area contributed by atoms with E-state index in [0.29, 0.717) is 22.2 Å². The van der Waals surface area contributed by atoms with Gasteiger partial charge in [-0.3, -0.25) is 5.43 Å². The van der Waals surface area contributed by atoms with Crippen LogP contribution >= 0.6 is 11.6 Å². The van der Waals surface area contributed by atoms with E-state index in [9.17, 15) is 4.39 Å². The van der Waals surface area contributed by atoms with Crippen LogP contribution in [0.3, 0.4) is 0 Å². The summed E-state index contributed by atoms with van der Waals surface area (Å²) in [5.41, 5.74) is 2.66. The Kier molecular flexibility index (Phi) is 4.61. The van der Waals surface area contributed by atoms with Crippen molar-refractivity contribution in [3.63, 3.8) is 0 Å². The summed E-state index contributed by atoms with van der Waals surface area (Å²) in [7, 11) is 2.94. The van der Waals surface area contributed by atoms with Crippen molar-refractivity contribution in [1.29, 1.82) is 0 Å². The van der Waals surface area contributed by atoms with Gasteiger partial charge in [-0.05, 0) is 0 Å². The first-order valence-electron chi connectivity index (χ1n) is 5.76. The minimum Gasteiger partial charge on any atom is -0.495 e. The average Bonchev–Trinajstić information content (AvgIpc) is 2.50. The van der Waals surface area contributed by atoms with Gasteiger partial charge in [0.1, 0.15) is 11.5 Å². The molecule has 21 heavy (non-hydrogen) atoms. The van der Waals surface area contributed by atoms with Gasteiger partial charge < -0.3 is 14.8 Å². The third-order valence-electron chi connectivity index (χ3n) is 2.60. The zero-order valence-corrected chi connectivity index (χ0v) is 12.0. The summed E-state index contributed by atoms with van der Waals surface area (Å²) < 4.78 is 24.0. The summed E-state index contributed by atoms with van der Waals surface area (Å²) in [5, 5.41) is 3.15. The zero-order chi connectivity index (χ0) is 15.4. The molecule has 0 atom stereocenters. The number of anilines is 3. The van der Waals surface area contributed by atoms with Crippen LogP contribution in [-0.4, -0.2) is 24.2 Å². The molecule has 0 aliphatic carbocycles. The van der Waals surface area contributed by atoms with Gasteiger partial charge in [-0.1, -0.05) is 11.6 Å². The van der Waals surface area contributed by atoms with Gasteiger partial charge in [0.25, 0.3) is 0 Å². The van der Waals surface area contributed by atoms with Crippen LogP contribution in [0.25, 0.3) is 0 Å². The normalized spacial score (nSPS) is 10.1. The third kappa shape index (κ3) is 3.23. The summed E-state index contributed by atoms with van der Waals surface area (Å²) in [4.78, 5) is 7.53. The summed E-state index contributed by atoms with van der Waals surface area (Å²) in [6.45, 7) is 0. The van der Waals surface area contributed by atoms with Gasteiger partial charge >= 0.3 is 0 Å². The maximum atomic E-state index is 13.7. The first-order valence-corrected chi connectivity index (χ1v) is 6.14. The molecule has 112 valence electrons. The molecule has 1 aromatic heterocycles. The van der Waals surface area contributed by atoms with E-state index in [-0.39, 0.29) is 11.8 Å². The van der Waals surface area contributed by atoms with Crippen molar-refractivity contribution >= 4 is 29.1 Å². The number of nitrogen functional groups attached to an aromatic ring is 1. The van der Waals surface area contributed by atoms with Crippen LogP contribution in [0, 0.1) is 5.82 Å². The number of nitrogens with one attached hydrogen (secondary N) is 2. The summed E-state index contributed by atoms with van der Waals surface area (Å²) in [5.74, 6) is 5.36. The lowest BCUT2D eigenvalue weighted by Gasteiger charge is -2.14. The first kappa shape index (κ1) is 15.1. The molecule has 2 rings (SSSR count). The Hall–Kier alpha value is -2.32. The molecule has 0 amide bonds. The van der Waals surface area contributed by atoms with E-state index in [4.69, 9.17) is 26.9 Å². The van der Waals surface area contributed by atoms with E-state index < -0.39 is 5.82 Å². The lowest BCUT2D eigenvalue weighted by atomic mass is 10.2. The number of hydrogen-bond donors (Lipinski definition) is 3. The Morgan fingerprint density at radius 3 is 2.57 bits per heavy atom. The fraction of sp³-hybridized carbons (Fsp3) is 0.167. The molecule has 0 aliphatic heterocycles. The van der Waals surface area contributed by atoms with Crippen molar-refractivity contribution in [3.05, 3.63) is 29.2 Å². The van der Waals surface area contributed by atoms with Gasteiger partial charge in [-0.2, -0.15) is 4.98 Å². The van der Waals surface area contributed by atoms with Gasteiger partial charge in [0.05, 0.1) is 31.1 Å². The smallest absolute Gasteiger partial charge is 0.239 e. The summed E-state index contributed by atoms with van der Waals surface area (Å²) >= 11 is 6.00. The van der Waals surface area contributed by atoms with Crippen LogP contribution in [-0.2, 0) is 0 Å². The highest BCUT2D eigenvalue weighted by Crippen LogP contribution is 2.37. The molecule has 1 aromatic carbocycles. The molecule has 7 nitrogen and oxygen atoms in total. The second-order valence-electron chi connectivity index (χ2n) is 3.85. The predicted molar refractivity (Wildman–Crippen MR) is 77.6 cm³/mol. The second-order valence-corrected chi connectivity index (χ2v) is 4.25. The largest absolute Gasteiger partial charge is 0.495 e. The van der Waals surface area contributed by atoms with E-state index in [1.165, 1.54) is 14.2 Å². The van der Waals surface area contributed by atoms with E-state index in [1.54, 1.807) is 12.1 Å². The molecule has 0 unspecified atom stereocenters. The molecule has 0 aliphatic rings. The Morgan fingerprint density at radius 2 is 1.95 bits per heavy atom. The molecule has 0 saturated carbocycles. The summed E-state index contributed by atoms with van der Waals surface area (Å²) in [6.07, 6.45) is 0.990. The number of benzene rings is 1. The molecular formula is C12H13ClFN5O2. The van der Waals surface area contributed by atoms with Crippen molar-refractivity contribution in [3.8, 4) is 11.5 Å². The fourth-order valence-electron chi connectivity index (χ4n) is 1.61. The van der Waals surface area contributed by atoms with Gasteiger partial charge in [-0.15, -0.1) is 0 Å². The number of halogens is 2. The number of nitrogens with two attached hydrogens (primary N) is 1. The van der Waals surface area contributed by atoms with E-state index in [0.717, 1.165) is 6.20 Å². The van der Waals surface area contributed by atoms with Crippen molar-refractivity contribution < 1.29 is 13.9 Å². The molecule has 0 saturated heterocycles. The first-order chi connectivity index (χ1) is 10.1. The number of hydrazine groups is 1. The quantitative estimate of drug-likeness (QED) is 0.576. The molecular weight excluding hydrogens is 301 g/mol. The van der Waals surface area contributed by atoms with E-state index in [1.807, 2.05) is 0 Å². The van der Waals surface area contributed by atoms with Crippen LogP contribution in [0.5, 0.6) is 11.5 Å². The topological polar surface area (TPSA) is 94.3 Å². The monoisotopic (exact) mass is 313 g/mol. The Bertz CT molecular complexity index is 656. The maximum absolute atomic E-state index is 13.7. The van der Waals surface area contributed by atoms with E-state index >= 15 is 0 Å². The lowest BCUT2D eigenvalue weighted by molar-refractivity contribution is 0.405. The third-order valence-corrected chi connectivity index (χ3v) is 2.90. The van der Waals surface area contributed by atoms with Crippen molar-refractivity contribution in [2.24, 2.45) is 5.84 Å². The zero-order valence-electron chi connectivity index (χ0n) is 11.3. The van der Waals surface area contributed by atoms with Crippen LogP contribution in [0.2, 0.25) is 5.02 Å². The lowest BCUT2D eigenvalue weighted by Crippen LogP contribution is -2.12. The van der Waals surface area contributed by atoms with E-state index in [2.05, 4.69) is 20.7 Å². The van der Waals surface area contributed by atoms with Gasteiger partial charge in [0.15, 0.2) is 11.6 Å². The highest BCUT2D eigenvalue weighted by atomic mass is 35.5. The minimum atomic E-state index is -0.648. The fourth-order valence-corrected chi connectivity index (χ4v) is 1.84. The number of aromatic nitrogens is 2. The van der Waals surface area contributed by atoms with Gasteiger partial charge in [0, 0.05) is 12.1 Å². The molecule has 1 heterocycles. The van der Waals surface area contributed by atoms with Crippen LogP contribution in [0.4, 0.5) is 21.8 Å². The molecule has 9 heteroatoms. The van der Waals surface area contributed by atoms with Crippen molar-refractivity contribution in [2.45, 2.75) is 0 Å². The molecule has 0 fully saturated rings. The number of nitrogens with zero attached hydrogens (tertiary/aromatic N) is 2. The predicted octanol–water partition coefficient (Wildman–Crippen LogP) is 2.32. The number of ether oxygens (including phenoxy) is 2. The number of hydrogen-bond acceptors (Lipinski definition) is 7. The Labute approximate surface area is 125 Å². The Balaban J connectivity index is 2.43. The summed E-state index contributed by atoms with van der Waals surface area (Å²) in [6, 6.07) is 3.11. The minimum absolute atomic E-state index is 0.0683. The van der Waals surface area contributed by atoms with Crippen LogP contribution in [0.15, 0.2) is 18.3 Å². The van der Waals surface area contributed by atoms with Crippen LogP contribution < -0.4 is 26.1 Å². The molecule has 0 bridgehead atoms. The standard InChI is InChI=1S/C12H13ClFN5O2/c1-20-9-4-8(10(21-2)3-6(9)13)17-11-7(14)5-16-12(18-11)19-15/h3-5H,15H2,1-2H3,(H2,16,17,18,19).